The Morgan fingerprint density at radius 2 is 2.00 bits per heavy atom. The standard InChI is InChI=1S/C6H6Cl2N2O3/c7-4-3(12)5(13-2-1-11)10-6(8)9-4/h11-12H,1-2H2. The van der Waals surface area contributed by atoms with Crippen molar-refractivity contribution in [2.24, 2.45) is 0 Å². The number of halogens is 2. The number of nitrogens with zero attached hydrogens (tertiary/aromatic N) is 2. The molecule has 7 heteroatoms. The van der Waals surface area contributed by atoms with Crippen LogP contribution in [-0.2, 0) is 0 Å². The van der Waals surface area contributed by atoms with Gasteiger partial charge >= 0.3 is 0 Å². The summed E-state index contributed by atoms with van der Waals surface area (Å²) < 4.78 is 4.83. The van der Waals surface area contributed by atoms with Crippen molar-refractivity contribution in [3.63, 3.8) is 0 Å². The van der Waals surface area contributed by atoms with Crippen molar-refractivity contribution in [2.75, 3.05) is 13.2 Å². The van der Waals surface area contributed by atoms with Gasteiger partial charge in [-0.05, 0) is 11.6 Å². The number of ether oxygens (including phenoxy) is 1. The summed E-state index contributed by atoms with van der Waals surface area (Å²) in [4.78, 5) is 7.03. The zero-order valence-corrected chi connectivity index (χ0v) is 7.88. The maximum atomic E-state index is 9.23. The Morgan fingerprint density at radius 1 is 1.31 bits per heavy atom. The highest BCUT2D eigenvalue weighted by Gasteiger charge is 2.11. The molecule has 0 aliphatic rings. The lowest BCUT2D eigenvalue weighted by Crippen LogP contribution is -2.04. The third-order valence-electron chi connectivity index (χ3n) is 1.11. The predicted molar refractivity (Wildman–Crippen MR) is 46.3 cm³/mol. The first-order valence-electron chi connectivity index (χ1n) is 3.31. The second-order valence-electron chi connectivity index (χ2n) is 2.01. The third-order valence-corrected chi connectivity index (χ3v) is 1.54. The van der Waals surface area contributed by atoms with Gasteiger partial charge in [0.2, 0.25) is 11.0 Å². The first-order valence-corrected chi connectivity index (χ1v) is 4.06. The van der Waals surface area contributed by atoms with E-state index in [1.54, 1.807) is 0 Å². The fraction of sp³-hybridized carbons (Fsp3) is 0.333. The first kappa shape index (κ1) is 10.3. The van der Waals surface area contributed by atoms with Gasteiger partial charge in [-0.2, -0.15) is 4.98 Å². The molecule has 72 valence electrons. The van der Waals surface area contributed by atoms with Crippen molar-refractivity contribution in [3.05, 3.63) is 10.4 Å². The van der Waals surface area contributed by atoms with Crippen LogP contribution in [0.3, 0.4) is 0 Å². The molecule has 0 aliphatic carbocycles. The molecule has 0 bridgehead atoms. The number of aromatic hydroxyl groups is 1. The van der Waals surface area contributed by atoms with Crippen LogP contribution < -0.4 is 4.74 Å². The van der Waals surface area contributed by atoms with Crippen molar-refractivity contribution in [1.29, 1.82) is 0 Å². The van der Waals surface area contributed by atoms with Gasteiger partial charge in [-0.1, -0.05) is 11.6 Å². The van der Waals surface area contributed by atoms with Crippen LogP contribution in [0.5, 0.6) is 11.6 Å². The van der Waals surface area contributed by atoms with E-state index in [-0.39, 0.29) is 35.3 Å². The maximum absolute atomic E-state index is 9.23. The molecule has 1 heterocycles. The summed E-state index contributed by atoms with van der Waals surface area (Å²) in [5.41, 5.74) is 0. The maximum Gasteiger partial charge on any atom is 0.263 e. The molecule has 5 nitrogen and oxygen atoms in total. The Kier molecular flexibility index (Phi) is 3.53. The van der Waals surface area contributed by atoms with E-state index >= 15 is 0 Å². The number of rotatable bonds is 3. The molecule has 0 spiro atoms. The van der Waals surface area contributed by atoms with E-state index in [0.29, 0.717) is 0 Å². The monoisotopic (exact) mass is 224 g/mol. The van der Waals surface area contributed by atoms with Gasteiger partial charge < -0.3 is 14.9 Å². The normalized spacial score (nSPS) is 10.1. The number of aliphatic hydroxyl groups excluding tert-OH is 1. The lowest BCUT2D eigenvalue weighted by atomic mass is 10.5. The van der Waals surface area contributed by atoms with Crippen molar-refractivity contribution in [1.82, 2.24) is 9.97 Å². The summed E-state index contributed by atoms with van der Waals surface area (Å²) >= 11 is 10.9. The zero-order chi connectivity index (χ0) is 9.84. The van der Waals surface area contributed by atoms with Crippen molar-refractivity contribution < 1.29 is 14.9 Å². The summed E-state index contributed by atoms with van der Waals surface area (Å²) in [6.07, 6.45) is 0. The van der Waals surface area contributed by atoms with E-state index in [0.717, 1.165) is 0 Å². The summed E-state index contributed by atoms with van der Waals surface area (Å²) in [6.45, 7) is -0.198. The van der Waals surface area contributed by atoms with Crippen LogP contribution in [0.1, 0.15) is 0 Å². The molecule has 2 N–H and O–H groups in total. The van der Waals surface area contributed by atoms with Crippen molar-refractivity contribution in [2.45, 2.75) is 0 Å². The first-order chi connectivity index (χ1) is 6.15. The zero-order valence-electron chi connectivity index (χ0n) is 6.37. The summed E-state index contributed by atoms with van der Waals surface area (Å²) in [7, 11) is 0. The van der Waals surface area contributed by atoms with Crippen molar-refractivity contribution >= 4 is 23.2 Å². The second kappa shape index (κ2) is 4.45. The molecule has 0 saturated heterocycles. The Bertz CT molecular complexity index is 308. The molecule has 0 atom stereocenters. The fourth-order valence-electron chi connectivity index (χ4n) is 0.627. The van der Waals surface area contributed by atoms with Crippen LogP contribution in [-0.4, -0.2) is 33.4 Å². The molecule has 0 aliphatic heterocycles. The summed E-state index contributed by atoms with van der Waals surface area (Å²) in [5, 5.41) is 17.4. The molecular weight excluding hydrogens is 219 g/mol. The van der Waals surface area contributed by atoms with E-state index in [2.05, 4.69) is 9.97 Å². The second-order valence-corrected chi connectivity index (χ2v) is 2.71. The van der Waals surface area contributed by atoms with Gasteiger partial charge in [0.25, 0.3) is 5.88 Å². The van der Waals surface area contributed by atoms with Gasteiger partial charge in [0.15, 0.2) is 5.15 Å². The number of hydrogen-bond acceptors (Lipinski definition) is 5. The predicted octanol–water partition coefficient (Wildman–Crippen LogP) is 0.860. The molecule has 13 heavy (non-hydrogen) atoms. The molecule has 1 aromatic rings. The van der Waals surface area contributed by atoms with Gasteiger partial charge in [0.1, 0.15) is 6.61 Å². The molecule has 0 unspecified atom stereocenters. The number of aromatic nitrogens is 2. The minimum absolute atomic E-state index is 0.00275. The van der Waals surface area contributed by atoms with Crippen molar-refractivity contribution in [3.8, 4) is 11.6 Å². The Labute approximate surface area is 83.9 Å². The van der Waals surface area contributed by atoms with E-state index in [4.69, 9.17) is 33.0 Å². The summed E-state index contributed by atoms with van der Waals surface area (Å²) in [6, 6.07) is 0. The number of aliphatic hydroxyl groups is 1. The Morgan fingerprint density at radius 3 is 2.62 bits per heavy atom. The average molecular weight is 225 g/mol. The van der Waals surface area contributed by atoms with Crippen LogP contribution >= 0.6 is 23.2 Å². The van der Waals surface area contributed by atoms with Crippen LogP contribution in [0, 0.1) is 0 Å². The van der Waals surface area contributed by atoms with Gasteiger partial charge in [0, 0.05) is 0 Å². The minimum atomic E-state index is -0.389. The third kappa shape index (κ3) is 2.58. The van der Waals surface area contributed by atoms with Crippen LogP contribution in [0.15, 0.2) is 0 Å². The van der Waals surface area contributed by atoms with Gasteiger partial charge in [-0.25, -0.2) is 4.98 Å². The van der Waals surface area contributed by atoms with Gasteiger partial charge in [-0.15, -0.1) is 0 Å². The van der Waals surface area contributed by atoms with E-state index in [1.807, 2.05) is 0 Å². The van der Waals surface area contributed by atoms with Crippen LogP contribution in [0.4, 0.5) is 0 Å². The van der Waals surface area contributed by atoms with Gasteiger partial charge in [0.05, 0.1) is 6.61 Å². The molecule has 1 rings (SSSR count). The topological polar surface area (TPSA) is 75.5 Å². The highest BCUT2D eigenvalue weighted by Crippen LogP contribution is 2.31. The lowest BCUT2D eigenvalue weighted by molar-refractivity contribution is 0.191. The highest BCUT2D eigenvalue weighted by molar-refractivity contribution is 6.32. The molecule has 0 saturated carbocycles. The number of hydrogen-bond donors (Lipinski definition) is 2. The Hall–Kier alpha value is -0.780. The highest BCUT2D eigenvalue weighted by atomic mass is 35.5. The molecule has 1 aromatic heterocycles. The van der Waals surface area contributed by atoms with Gasteiger partial charge in [-0.3, -0.25) is 0 Å². The fourth-order valence-corrected chi connectivity index (χ4v) is 0.992. The van der Waals surface area contributed by atoms with E-state index in [1.165, 1.54) is 0 Å². The smallest absolute Gasteiger partial charge is 0.263 e. The van der Waals surface area contributed by atoms with Crippen LogP contribution in [0.2, 0.25) is 10.4 Å². The van der Waals surface area contributed by atoms with E-state index in [9.17, 15) is 5.11 Å². The van der Waals surface area contributed by atoms with E-state index < -0.39 is 0 Å². The average Bonchev–Trinajstić information content (AvgIpc) is 2.09. The molecule has 0 amide bonds. The molecule has 0 aromatic carbocycles. The lowest BCUT2D eigenvalue weighted by Gasteiger charge is -2.05. The molecular formula is C6H6Cl2N2O3. The Balaban J connectivity index is 2.92. The minimum Gasteiger partial charge on any atom is -0.501 e. The largest absolute Gasteiger partial charge is 0.501 e. The van der Waals surface area contributed by atoms with Crippen LogP contribution in [0.25, 0.3) is 0 Å². The molecule has 0 fully saturated rings. The quantitative estimate of drug-likeness (QED) is 0.589. The summed E-state index contributed by atoms with van der Waals surface area (Å²) in [5.74, 6) is -0.529. The SMILES string of the molecule is OCCOc1nc(Cl)nc(Cl)c1O. The molecule has 0 radical (unpaired) electrons.